The third kappa shape index (κ3) is 7.63. The molecule has 4 rings (SSSR count). The van der Waals surface area contributed by atoms with Crippen molar-refractivity contribution in [3.8, 4) is 0 Å². The van der Waals surface area contributed by atoms with Crippen LogP contribution in [0.1, 0.15) is 5.56 Å². The largest absolute Gasteiger partial charge is 2.00 e. The van der Waals surface area contributed by atoms with Gasteiger partial charge in [0.1, 0.15) is 14.5 Å². The Morgan fingerprint density at radius 1 is 0.844 bits per heavy atom. The quantitative estimate of drug-likeness (QED) is 0.263. The molecule has 3 aliphatic rings. The molecule has 0 N–H and O–H groups in total. The minimum atomic E-state index is -5.39. The van der Waals surface area contributed by atoms with Crippen molar-refractivity contribution in [1.82, 2.24) is 0 Å². The molecule has 2 nitrogen and oxygen atoms in total. The first-order valence-corrected chi connectivity index (χ1v) is 10.6. The number of ether oxygens (including phenoxy) is 1. The van der Waals surface area contributed by atoms with Gasteiger partial charge in [-0.3, -0.25) is 0 Å². The number of hydrogen-bond acceptors (Lipinski definition) is 2. The summed E-state index contributed by atoms with van der Waals surface area (Å²) >= 11 is 0. The summed E-state index contributed by atoms with van der Waals surface area (Å²) in [6, 6.07) is 8.91. The van der Waals surface area contributed by atoms with E-state index in [1.54, 1.807) is 0 Å². The molecule has 0 bridgehead atoms. The molecule has 1 heterocycles. The van der Waals surface area contributed by atoms with Crippen molar-refractivity contribution in [2.45, 2.75) is 24.3 Å². The Hall–Kier alpha value is -0.781. The molecule has 1 atom stereocenters. The van der Waals surface area contributed by atoms with Gasteiger partial charge in [-0.05, 0) is 63.4 Å². The van der Waals surface area contributed by atoms with E-state index in [-0.39, 0.29) is 41.5 Å². The number of hydrogen-bond donors (Lipinski definition) is 0. The minimum absolute atomic E-state index is 0. The van der Waals surface area contributed by atoms with Crippen molar-refractivity contribution in [3.63, 3.8) is 0 Å². The van der Waals surface area contributed by atoms with Crippen molar-refractivity contribution in [3.05, 3.63) is 98.8 Å². The Bertz CT molecular complexity index is 702. The molecule has 2 fully saturated rings. The third-order valence-electron chi connectivity index (χ3n) is 4.35. The molecule has 1 aromatic carbocycles. The molecule has 170 valence electrons. The molecule has 10 radical (unpaired) electrons. The van der Waals surface area contributed by atoms with Gasteiger partial charge in [0.25, 0.3) is 0 Å². The van der Waals surface area contributed by atoms with E-state index in [4.69, 9.17) is 4.74 Å². The average Bonchev–Trinajstić information content (AvgIpc) is 3.44. The maximum absolute atomic E-state index is 13.0. The molecular formula is C22H18F6FeNOP+2. The van der Waals surface area contributed by atoms with Crippen molar-refractivity contribution >= 4 is 13.8 Å². The molecule has 0 aromatic heterocycles. The summed E-state index contributed by atoms with van der Waals surface area (Å²) in [4.78, 5) is 4.20. The molecule has 0 saturated heterocycles. The summed E-state index contributed by atoms with van der Waals surface area (Å²) in [7, 11) is -4.36. The van der Waals surface area contributed by atoms with Crippen LogP contribution >= 0.6 is 7.92 Å². The van der Waals surface area contributed by atoms with Crippen LogP contribution in [-0.4, -0.2) is 30.4 Å². The number of halogens is 6. The first-order valence-electron chi connectivity index (χ1n) is 9.27. The summed E-state index contributed by atoms with van der Waals surface area (Å²) in [5.74, 6) is -11.2. The third-order valence-corrected chi connectivity index (χ3v) is 6.24. The van der Waals surface area contributed by atoms with Gasteiger partial charge in [0.05, 0.1) is 12.0 Å². The van der Waals surface area contributed by atoms with E-state index >= 15 is 0 Å². The van der Waals surface area contributed by atoms with Gasteiger partial charge in [0.2, 0.25) is 0 Å². The topological polar surface area (TPSA) is 21.6 Å². The summed E-state index contributed by atoms with van der Waals surface area (Å²) < 4.78 is 83.6. The molecule has 0 spiro atoms. The predicted octanol–water partition coefficient (Wildman–Crippen LogP) is 6.30. The number of aliphatic imine (C=N–C) groups is 1. The normalized spacial score (nSPS) is 22.2. The van der Waals surface area contributed by atoms with E-state index in [9.17, 15) is 26.3 Å². The van der Waals surface area contributed by atoms with E-state index in [2.05, 4.69) is 4.99 Å². The fourth-order valence-corrected chi connectivity index (χ4v) is 4.56. The Morgan fingerprint density at radius 3 is 1.94 bits per heavy atom. The number of alkyl halides is 6. The van der Waals surface area contributed by atoms with Gasteiger partial charge < -0.3 is 4.74 Å². The van der Waals surface area contributed by atoms with Gasteiger partial charge >= 0.3 is 28.9 Å². The predicted molar refractivity (Wildman–Crippen MR) is 107 cm³/mol. The Kier molecular flexibility index (Phi) is 10.4. The van der Waals surface area contributed by atoms with Gasteiger partial charge in [-0.15, -0.1) is 0 Å². The van der Waals surface area contributed by atoms with Crippen LogP contribution in [0, 0.1) is 62.9 Å². The maximum atomic E-state index is 13.0. The summed E-state index contributed by atoms with van der Waals surface area (Å²) in [6.45, 7) is 0.116. The van der Waals surface area contributed by atoms with Gasteiger partial charge in [-0.1, -0.05) is 30.3 Å². The SMILES string of the molecule is FC(F)(F)P([C]1[CH][CH][CH][C]1C1=N[C@@H](Cc2ccccc2)CO1)C(F)(F)F.[CH]1[CH][CH][CH][CH]1.[Fe+2]. The Balaban J connectivity index is 0.000000534. The number of nitrogens with zero attached hydrogens (tertiary/aromatic N) is 1. The van der Waals surface area contributed by atoms with E-state index in [1.807, 2.05) is 62.4 Å². The molecule has 2 saturated carbocycles. The molecule has 1 aliphatic heterocycles. The van der Waals surface area contributed by atoms with Crippen molar-refractivity contribution in [1.29, 1.82) is 0 Å². The summed E-state index contributed by atoms with van der Waals surface area (Å²) in [5, 5.41) is 0. The molecular weight excluding hydrogens is 495 g/mol. The second-order valence-corrected chi connectivity index (χ2v) is 8.81. The molecule has 10 heteroatoms. The van der Waals surface area contributed by atoms with E-state index in [0.29, 0.717) is 6.42 Å². The van der Waals surface area contributed by atoms with Crippen molar-refractivity contribution in [2.24, 2.45) is 4.99 Å². The molecule has 2 aliphatic carbocycles. The first-order chi connectivity index (χ1) is 14.7. The Morgan fingerprint density at radius 2 is 1.41 bits per heavy atom. The fourth-order valence-electron chi connectivity index (χ4n) is 3.08. The van der Waals surface area contributed by atoms with Crippen LogP contribution in [0.3, 0.4) is 0 Å². The summed E-state index contributed by atoms with van der Waals surface area (Å²) in [6.07, 6.45) is 13.7. The van der Waals surface area contributed by atoms with Gasteiger partial charge in [-0.25, -0.2) is 4.99 Å². The van der Waals surface area contributed by atoms with Crippen LogP contribution in [0.25, 0.3) is 0 Å². The van der Waals surface area contributed by atoms with E-state index < -0.39 is 25.4 Å². The van der Waals surface area contributed by atoms with E-state index in [0.717, 1.165) is 18.4 Å². The number of rotatable bonds is 4. The van der Waals surface area contributed by atoms with Gasteiger partial charge in [0.15, 0.2) is 5.90 Å². The van der Waals surface area contributed by atoms with Crippen LogP contribution in [0.4, 0.5) is 26.3 Å². The summed E-state index contributed by atoms with van der Waals surface area (Å²) in [5.41, 5.74) is 0.140. The smallest absolute Gasteiger partial charge is 0.478 e. The minimum Gasteiger partial charge on any atom is -0.478 e. The average molecular weight is 513 g/mol. The van der Waals surface area contributed by atoms with Gasteiger partial charge in [0, 0.05) is 5.66 Å². The number of benzene rings is 1. The standard InChI is InChI=1S/C17H13F6NOP.C5H5.Fe/c18-16(19,20)26(17(21,22)23)14-8-4-7-13(14)15-24-12(10-25-15)9-11-5-2-1-3-6-11;1-2-4-5-3-1;/h1-8,12H,9-10H2;1-5H;/q;;+2/t12-;;/m0../s1. The first kappa shape index (κ1) is 27.5. The van der Waals surface area contributed by atoms with Crippen LogP contribution < -0.4 is 0 Å². The zero-order chi connectivity index (χ0) is 22.5. The van der Waals surface area contributed by atoms with Crippen LogP contribution in [-0.2, 0) is 28.2 Å². The van der Waals surface area contributed by atoms with Crippen molar-refractivity contribution < 1.29 is 48.1 Å². The molecule has 0 amide bonds. The van der Waals surface area contributed by atoms with Crippen LogP contribution in [0.5, 0.6) is 0 Å². The zero-order valence-electron chi connectivity index (χ0n) is 16.4. The van der Waals surface area contributed by atoms with E-state index in [1.165, 1.54) is 6.42 Å². The monoisotopic (exact) mass is 513 g/mol. The van der Waals surface area contributed by atoms with Crippen LogP contribution in [0.2, 0.25) is 0 Å². The second kappa shape index (κ2) is 12.1. The maximum Gasteiger partial charge on any atom is 2.00 e. The fraction of sp³-hybridized carbons (Fsp3) is 0.227. The van der Waals surface area contributed by atoms with Crippen molar-refractivity contribution in [2.75, 3.05) is 6.61 Å². The zero-order valence-corrected chi connectivity index (χ0v) is 18.4. The molecule has 1 aromatic rings. The molecule has 0 unspecified atom stereocenters. The molecule has 32 heavy (non-hydrogen) atoms. The second-order valence-electron chi connectivity index (χ2n) is 6.65. The Labute approximate surface area is 196 Å². The van der Waals surface area contributed by atoms with Crippen LogP contribution in [0.15, 0.2) is 35.3 Å². The van der Waals surface area contributed by atoms with Gasteiger partial charge in [-0.2, -0.15) is 26.3 Å².